The molecule has 0 spiro atoms. The number of halogens is 3. The maximum absolute atomic E-state index is 12.9. The number of carbonyl (C=O) groups excluding carboxylic acids is 1. The first-order valence-electron chi connectivity index (χ1n) is 9.55. The van der Waals surface area contributed by atoms with Gasteiger partial charge in [0, 0.05) is 25.2 Å². The molecule has 0 aromatic carbocycles. The zero-order valence-electron chi connectivity index (χ0n) is 17.3. The van der Waals surface area contributed by atoms with E-state index in [0.29, 0.717) is 40.0 Å². The van der Waals surface area contributed by atoms with Gasteiger partial charge in [0.25, 0.3) is 0 Å². The monoisotopic (exact) mass is 463 g/mol. The topological polar surface area (TPSA) is 90.9 Å². The number of H-pyrrole nitrogens is 1. The summed E-state index contributed by atoms with van der Waals surface area (Å²) in [6.45, 7) is 1.40. The predicted octanol–water partition coefficient (Wildman–Crippen LogP) is 3.75. The number of aromatic nitrogens is 5. The quantitative estimate of drug-likeness (QED) is 0.580. The number of terminal acetylenes is 1. The van der Waals surface area contributed by atoms with Crippen LogP contribution >= 0.6 is 11.3 Å². The number of nitrogens with zero attached hydrogens (tertiary/aromatic N) is 6. The van der Waals surface area contributed by atoms with Crippen LogP contribution in [0.4, 0.5) is 24.7 Å². The SMILES string of the molecule is C#C.CC[C@@H]1C(=O)N(C)c2cnc(-c3cn[nH]c3-c3nccs3)nc2N1CCC(F)(F)F. The lowest BCUT2D eigenvalue weighted by Crippen LogP contribution is -2.53. The summed E-state index contributed by atoms with van der Waals surface area (Å²) in [5, 5.41) is 9.43. The lowest BCUT2D eigenvalue weighted by atomic mass is 10.1. The van der Waals surface area contributed by atoms with Crippen molar-refractivity contribution in [3.8, 4) is 34.9 Å². The molecule has 32 heavy (non-hydrogen) atoms. The number of thiazole rings is 1. The number of anilines is 2. The van der Waals surface area contributed by atoms with Gasteiger partial charge in [-0.15, -0.1) is 24.2 Å². The van der Waals surface area contributed by atoms with Crippen LogP contribution in [0.5, 0.6) is 0 Å². The molecule has 1 atom stereocenters. The van der Waals surface area contributed by atoms with E-state index in [-0.39, 0.29) is 12.5 Å². The molecule has 3 aromatic rings. The molecule has 12 heteroatoms. The third-order valence-electron chi connectivity index (χ3n) is 4.92. The van der Waals surface area contributed by atoms with E-state index in [9.17, 15) is 18.0 Å². The summed E-state index contributed by atoms with van der Waals surface area (Å²) in [6, 6.07) is -0.726. The minimum atomic E-state index is -4.34. The largest absolute Gasteiger partial charge is 0.390 e. The summed E-state index contributed by atoms with van der Waals surface area (Å²) in [5.74, 6) is 0.308. The van der Waals surface area contributed by atoms with Crippen LogP contribution in [0.2, 0.25) is 0 Å². The summed E-state index contributed by atoms with van der Waals surface area (Å²) in [6.07, 6.45) is 7.63. The van der Waals surface area contributed by atoms with Gasteiger partial charge in [0.05, 0.1) is 24.4 Å². The smallest absolute Gasteiger partial charge is 0.342 e. The second-order valence-corrected chi connectivity index (χ2v) is 7.67. The van der Waals surface area contributed by atoms with E-state index in [0.717, 1.165) is 0 Å². The molecule has 4 rings (SSSR count). The zero-order chi connectivity index (χ0) is 23.5. The molecule has 1 aliphatic heterocycles. The van der Waals surface area contributed by atoms with Crippen LogP contribution in [0, 0.1) is 12.8 Å². The Morgan fingerprint density at radius 3 is 2.62 bits per heavy atom. The molecule has 168 valence electrons. The van der Waals surface area contributed by atoms with Gasteiger partial charge in [-0.3, -0.25) is 9.89 Å². The van der Waals surface area contributed by atoms with Crippen molar-refractivity contribution in [3.05, 3.63) is 24.0 Å². The number of amides is 1. The Balaban J connectivity index is 0.00000141. The van der Waals surface area contributed by atoms with Crippen LogP contribution in [0.25, 0.3) is 22.1 Å². The number of hydrogen-bond donors (Lipinski definition) is 1. The van der Waals surface area contributed by atoms with Crippen molar-refractivity contribution in [2.45, 2.75) is 32.0 Å². The Bertz CT molecular complexity index is 1090. The molecule has 0 bridgehead atoms. The lowest BCUT2D eigenvalue weighted by Gasteiger charge is -2.40. The van der Waals surface area contributed by atoms with Crippen LogP contribution in [-0.2, 0) is 4.79 Å². The summed E-state index contributed by atoms with van der Waals surface area (Å²) in [4.78, 5) is 28.7. The molecule has 1 aliphatic rings. The minimum Gasteiger partial charge on any atom is -0.342 e. The highest BCUT2D eigenvalue weighted by Crippen LogP contribution is 2.38. The Hall–Kier alpha value is -3.46. The Kier molecular flexibility index (Phi) is 6.78. The molecular formula is C20H20F3N7OS. The van der Waals surface area contributed by atoms with Crippen molar-refractivity contribution in [3.63, 3.8) is 0 Å². The van der Waals surface area contributed by atoms with E-state index in [1.807, 2.05) is 5.38 Å². The van der Waals surface area contributed by atoms with Crippen molar-refractivity contribution in [2.24, 2.45) is 0 Å². The number of carbonyl (C=O) groups is 1. The lowest BCUT2D eigenvalue weighted by molar-refractivity contribution is -0.133. The van der Waals surface area contributed by atoms with E-state index in [4.69, 9.17) is 0 Å². The molecule has 0 aliphatic carbocycles. The molecule has 0 saturated heterocycles. The normalized spacial score (nSPS) is 15.8. The van der Waals surface area contributed by atoms with E-state index in [1.54, 1.807) is 26.4 Å². The molecular weight excluding hydrogens is 443 g/mol. The van der Waals surface area contributed by atoms with Gasteiger partial charge in [-0.25, -0.2) is 15.0 Å². The van der Waals surface area contributed by atoms with Crippen LogP contribution < -0.4 is 9.80 Å². The first kappa shape index (κ1) is 23.2. The third-order valence-corrected chi connectivity index (χ3v) is 5.72. The highest BCUT2D eigenvalue weighted by molar-refractivity contribution is 7.13. The van der Waals surface area contributed by atoms with E-state index < -0.39 is 18.6 Å². The number of alkyl halides is 3. The summed E-state index contributed by atoms with van der Waals surface area (Å²) in [7, 11) is 1.58. The average molecular weight is 463 g/mol. The number of nitrogens with one attached hydrogen (secondary N) is 1. The highest BCUT2D eigenvalue weighted by Gasteiger charge is 2.39. The Morgan fingerprint density at radius 1 is 1.25 bits per heavy atom. The molecule has 3 aromatic heterocycles. The van der Waals surface area contributed by atoms with Crippen molar-refractivity contribution in [1.29, 1.82) is 0 Å². The molecule has 8 nitrogen and oxygen atoms in total. The van der Waals surface area contributed by atoms with Crippen LogP contribution in [0.15, 0.2) is 24.0 Å². The van der Waals surface area contributed by atoms with E-state index in [1.165, 1.54) is 27.3 Å². The van der Waals surface area contributed by atoms with Gasteiger partial charge < -0.3 is 9.80 Å². The van der Waals surface area contributed by atoms with Gasteiger partial charge in [0.2, 0.25) is 5.91 Å². The molecule has 0 unspecified atom stereocenters. The fourth-order valence-corrected chi connectivity index (χ4v) is 4.08. The fourth-order valence-electron chi connectivity index (χ4n) is 3.44. The molecule has 1 N–H and O–H groups in total. The zero-order valence-corrected chi connectivity index (χ0v) is 18.1. The van der Waals surface area contributed by atoms with Gasteiger partial charge in [-0.2, -0.15) is 18.3 Å². The maximum atomic E-state index is 12.9. The number of rotatable bonds is 5. The van der Waals surface area contributed by atoms with Gasteiger partial charge >= 0.3 is 6.18 Å². The second-order valence-electron chi connectivity index (χ2n) is 6.78. The molecule has 1 amide bonds. The Labute approximate surface area is 186 Å². The standard InChI is InChI=1S/C18H18F3N7OS.C2H2/c1-3-11-17(29)27(2)12-9-23-14(25-15(12)28(11)6-4-18(19,20)21)10-8-24-26-13(10)16-22-5-7-30-16;1-2/h5,7-9,11H,3-4,6H2,1-2H3,(H,24,26);1-2H/t11-;/m1./s1. The van der Waals surface area contributed by atoms with Crippen molar-refractivity contribution >= 4 is 28.7 Å². The van der Waals surface area contributed by atoms with Crippen LogP contribution in [-0.4, -0.2) is 56.9 Å². The number of fused-ring (bicyclic) bond motifs is 1. The summed E-state index contributed by atoms with van der Waals surface area (Å²) >= 11 is 1.41. The minimum absolute atomic E-state index is 0.282. The highest BCUT2D eigenvalue weighted by atomic mass is 32.1. The van der Waals surface area contributed by atoms with Crippen molar-refractivity contribution < 1.29 is 18.0 Å². The average Bonchev–Trinajstić information content (AvgIpc) is 3.47. The summed E-state index contributed by atoms with van der Waals surface area (Å²) < 4.78 is 38.8. The van der Waals surface area contributed by atoms with Gasteiger partial charge in [0.15, 0.2) is 11.6 Å². The maximum Gasteiger partial charge on any atom is 0.390 e. The molecule has 0 saturated carbocycles. The van der Waals surface area contributed by atoms with Crippen molar-refractivity contribution in [2.75, 3.05) is 23.4 Å². The van der Waals surface area contributed by atoms with E-state index in [2.05, 4.69) is 38.0 Å². The number of aromatic amines is 1. The van der Waals surface area contributed by atoms with Crippen LogP contribution in [0.3, 0.4) is 0 Å². The van der Waals surface area contributed by atoms with Gasteiger partial charge in [0.1, 0.15) is 22.4 Å². The first-order valence-corrected chi connectivity index (χ1v) is 10.4. The first-order chi connectivity index (χ1) is 15.3. The van der Waals surface area contributed by atoms with Gasteiger partial charge in [-0.05, 0) is 6.42 Å². The van der Waals surface area contributed by atoms with Gasteiger partial charge in [-0.1, -0.05) is 6.92 Å². The fraction of sp³-hybridized carbons (Fsp3) is 0.350. The summed E-state index contributed by atoms with van der Waals surface area (Å²) in [5.41, 5.74) is 1.57. The number of likely N-dealkylation sites (N-methyl/N-ethyl adjacent to an activating group) is 1. The predicted molar refractivity (Wildman–Crippen MR) is 116 cm³/mol. The molecule has 4 heterocycles. The third kappa shape index (κ3) is 4.43. The Morgan fingerprint density at radius 2 is 2.00 bits per heavy atom. The number of hydrogen-bond acceptors (Lipinski definition) is 7. The molecule has 0 fully saturated rings. The second kappa shape index (κ2) is 9.35. The van der Waals surface area contributed by atoms with Crippen LogP contribution in [0.1, 0.15) is 19.8 Å². The van der Waals surface area contributed by atoms with Crippen molar-refractivity contribution in [1.82, 2.24) is 25.1 Å². The molecule has 0 radical (unpaired) electrons. The van der Waals surface area contributed by atoms with E-state index >= 15 is 0 Å².